The molecule has 0 saturated heterocycles. The number of benzene rings is 1. The van der Waals surface area contributed by atoms with Gasteiger partial charge in [-0.2, -0.15) is 0 Å². The fourth-order valence-corrected chi connectivity index (χ4v) is 1.16. The maximum Gasteiger partial charge on any atom is 0.160 e. The Morgan fingerprint density at radius 3 is 2.43 bits per heavy atom. The van der Waals surface area contributed by atoms with E-state index in [9.17, 15) is 9.90 Å². The molecule has 14 heavy (non-hydrogen) atoms. The van der Waals surface area contributed by atoms with Crippen molar-refractivity contribution in [1.29, 1.82) is 0 Å². The Balaban J connectivity index is 2.95. The molecule has 0 N–H and O–H groups in total. The summed E-state index contributed by atoms with van der Waals surface area (Å²) in [6.45, 7) is 0. The number of carboxylic acids is 1. The largest absolute Gasteiger partial charge is 0.550 e. The lowest BCUT2D eigenvalue weighted by molar-refractivity contribution is -0.304. The zero-order valence-corrected chi connectivity index (χ0v) is 8.07. The Labute approximate surface area is 82.1 Å². The van der Waals surface area contributed by atoms with Crippen molar-refractivity contribution in [1.82, 2.24) is 0 Å². The molecule has 0 heterocycles. The number of aliphatic carboxylic acids is 1. The third-order valence-corrected chi connectivity index (χ3v) is 1.80. The second-order valence-corrected chi connectivity index (χ2v) is 2.74. The van der Waals surface area contributed by atoms with Crippen LogP contribution < -0.4 is 14.6 Å². The topological polar surface area (TPSA) is 58.6 Å². The molecule has 0 amide bonds. The van der Waals surface area contributed by atoms with Crippen molar-refractivity contribution < 1.29 is 19.4 Å². The van der Waals surface area contributed by atoms with E-state index in [1.807, 2.05) is 0 Å². The summed E-state index contributed by atoms with van der Waals surface area (Å²) >= 11 is 0. The van der Waals surface area contributed by atoms with Crippen molar-refractivity contribution in [3.63, 3.8) is 0 Å². The molecule has 0 fully saturated rings. The van der Waals surface area contributed by atoms with Crippen LogP contribution in [0.2, 0.25) is 0 Å². The molecular formula is C10H11O4-. The summed E-state index contributed by atoms with van der Waals surface area (Å²) < 4.78 is 10.0. The quantitative estimate of drug-likeness (QED) is 0.678. The predicted octanol–water partition coefficient (Wildman–Crippen LogP) is -0.00380. The van der Waals surface area contributed by atoms with Gasteiger partial charge in [0.25, 0.3) is 0 Å². The van der Waals surface area contributed by atoms with Gasteiger partial charge in [-0.05, 0) is 17.7 Å². The first kappa shape index (κ1) is 10.4. The number of carboxylic acid groups (broad SMARTS) is 1. The highest BCUT2D eigenvalue weighted by atomic mass is 16.5. The van der Waals surface area contributed by atoms with Crippen molar-refractivity contribution in [3.05, 3.63) is 23.8 Å². The van der Waals surface area contributed by atoms with E-state index in [1.54, 1.807) is 18.2 Å². The molecule has 0 aliphatic rings. The number of hydrogen-bond donors (Lipinski definition) is 0. The van der Waals surface area contributed by atoms with Crippen LogP contribution in [0.1, 0.15) is 5.56 Å². The summed E-state index contributed by atoms with van der Waals surface area (Å²) in [6, 6.07) is 4.95. The second-order valence-electron chi connectivity index (χ2n) is 2.74. The van der Waals surface area contributed by atoms with E-state index in [0.29, 0.717) is 17.1 Å². The van der Waals surface area contributed by atoms with Gasteiger partial charge in [-0.3, -0.25) is 0 Å². The maximum atomic E-state index is 10.3. The molecule has 0 unspecified atom stereocenters. The normalized spacial score (nSPS) is 9.57. The van der Waals surface area contributed by atoms with E-state index in [1.165, 1.54) is 14.2 Å². The van der Waals surface area contributed by atoms with Crippen LogP contribution in [-0.2, 0) is 11.2 Å². The van der Waals surface area contributed by atoms with Gasteiger partial charge >= 0.3 is 0 Å². The first-order valence-electron chi connectivity index (χ1n) is 4.08. The number of methoxy groups -OCH3 is 2. The second kappa shape index (κ2) is 4.50. The lowest BCUT2D eigenvalue weighted by Crippen LogP contribution is -2.24. The lowest BCUT2D eigenvalue weighted by atomic mass is 10.1. The van der Waals surface area contributed by atoms with Gasteiger partial charge in [0.05, 0.1) is 14.2 Å². The van der Waals surface area contributed by atoms with Gasteiger partial charge in [-0.25, -0.2) is 0 Å². The molecule has 0 aliphatic carbocycles. The number of rotatable bonds is 4. The molecule has 0 saturated carbocycles. The standard InChI is InChI=1S/C10H12O4/c1-13-8-4-3-7(6-10(11)12)5-9(8)14-2/h3-5H,6H2,1-2H3,(H,11,12)/p-1. The fraction of sp³-hybridized carbons (Fsp3) is 0.300. The van der Waals surface area contributed by atoms with E-state index in [-0.39, 0.29) is 6.42 Å². The van der Waals surface area contributed by atoms with E-state index in [2.05, 4.69) is 0 Å². The molecule has 1 aromatic carbocycles. The molecular weight excluding hydrogens is 184 g/mol. The molecule has 0 aliphatic heterocycles. The maximum absolute atomic E-state index is 10.3. The molecule has 0 spiro atoms. The summed E-state index contributed by atoms with van der Waals surface area (Å²) in [6.07, 6.45) is -0.125. The number of carbonyl (C=O) groups excluding carboxylic acids is 1. The lowest BCUT2D eigenvalue weighted by Gasteiger charge is -2.09. The Morgan fingerprint density at radius 2 is 1.93 bits per heavy atom. The smallest absolute Gasteiger partial charge is 0.160 e. The number of carbonyl (C=O) groups is 1. The molecule has 4 heteroatoms. The molecule has 1 aromatic rings. The monoisotopic (exact) mass is 195 g/mol. The van der Waals surface area contributed by atoms with Crippen molar-refractivity contribution in [2.75, 3.05) is 14.2 Å². The highest BCUT2D eigenvalue weighted by molar-refractivity contribution is 5.68. The van der Waals surface area contributed by atoms with Crippen LogP contribution in [-0.4, -0.2) is 20.2 Å². The third-order valence-electron chi connectivity index (χ3n) is 1.80. The Bertz CT molecular complexity index is 333. The minimum absolute atomic E-state index is 0.125. The third kappa shape index (κ3) is 2.39. The summed E-state index contributed by atoms with van der Waals surface area (Å²) in [4.78, 5) is 10.3. The molecule has 4 nitrogen and oxygen atoms in total. The van der Waals surface area contributed by atoms with Crippen LogP contribution >= 0.6 is 0 Å². The van der Waals surface area contributed by atoms with Crippen molar-refractivity contribution in [2.45, 2.75) is 6.42 Å². The van der Waals surface area contributed by atoms with Gasteiger partial charge in [0.15, 0.2) is 11.5 Å². The Hall–Kier alpha value is -1.71. The summed E-state index contributed by atoms with van der Waals surface area (Å²) in [5.41, 5.74) is 0.627. The fourth-order valence-electron chi connectivity index (χ4n) is 1.16. The molecule has 1 rings (SSSR count). The van der Waals surface area contributed by atoms with Crippen LogP contribution in [0, 0.1) is 0 Å². The predicted molar refractivity (Wildman–Crippen MR) is 48.3 cm³/mol. The zero-order chi connectivity index (χ0) is 10.6. The van der Waals surface area contributed by atoms with Gasteiger partial charge in [-0.15, -0.1) is 0 Å². The van der Waals surface area contributed by atoms with Gasteiger partial charge in [-0.1, -0.05) is 6.07 Å². The van der Waals surface area contributed by atoms with Crippen molar-refractivity contribution in [3.8, 4) is 11.5 Å². The van der Waals surface area contributed by atoms with E-state index in [4.69, 9.17) is 9.47 Å². The van der Waals surface area contributed by atoms with Gasteiger partial charge < -0.3 is 19.4 Å². The van der Waals surface area contributed by atoms with Crippen molar-refractivity contribution in [2.24, 2.45) is 0 Å². The summed E-state index contributed by atoms with van der Waals surface area (Å²) in [5.74, 6) is -0.0157. The highest BCUT2D eigenvalue weighted by Crippen LogP contribution is 2.27. The average Bonchev–Trinajstić information content (AvgIpc) is 2.16. The van der Waals surface area contributed by atoms with Crippen LogP contribution in [0.5, 0.6) is 11.5 Å². The first-order chi connectivity index (χ1) is 6.67. The van der Waals surface area contributed by atoms with Gasteiger partial charge in [0.1, 0.15) is 0 Å². The molecule has 0 atom stereocenters. The SMILES string of the molecule is COc1ccc(CC(=O)[O-])cc1OC. The molecule has 0 bridgehead atoms. The molecule has 0 aromatic heterocycles. The Kier molecular flexibility index (Phi) is 3.34. The molecule has 0 radical (unpaired) electrons. The van der Waals surface area contributed by atoms with E-state index >= 15 is 0 Å². The van der Waals surface area contributed by atoms with Crippen LogP contribution in [0.25, 0.3) is 0 Å². The summed E-state index contributed by atoms with van der Waals surface area (Å²) in [7, 11) is 3.02. The number of hydrogen-bond acceptors (Lipinski definition) is 4. The minimum atomic E-state index is -1.11. The van der Waals surface area contributed by atoms with Crippen LogP contribution in [0.4, 0.5) is 0 Å². The summed E-state index contributed by atoms with van der Waals surface area (Å²) in [5, 5.41) is 10.3. The van der Waals surface area contributed by atoms with Crippen molar-refractivity contribution >= 4 is 5.97 Å². The van der Waals surface area contributed by atoms with E-state index < -0.39 is 5.97 Å². The van der Waals surface area contributed by atoms with Gasteiger partial charge in [0, 0.05) is 12.4 Å². The van der Waals surface area contributed by atoms with E-state index in [0.717, 1.165) is 0 Å². The first-order valence-corrected chi connectivity index (χ1v) is 4.08. The highest BCUT2D eigenvalue weighted by Gasteiger charge is 2.04. The minimum Gasteiger partial charge on any atom is -0.550 e. The van der Waals surface area contributed by atoms with Gasteiger partial charge in [0.2, 0.25) is 0 Å². The zero-order valence-electron chi connectivity index (χ0n) is 8.07. The molecule has 76 valence electrons. The number of ether oxygens (including phenoxy) is 2. The van der Waals surface area contributed by atoms with Crippen LogP contribution in [0.3, 0.4) is 0 Å². The van der Waals surface area contributed by atoms with Crippen LogP contribution in [0.15, 0.2) is 18.2 Å². The Morgan fingerprint density at radius 1 is 1.29 bits per heavy atom. The average molecular weight is 195 g/mol.